The number of carbonyl (C=O) groups is 1. The van der Waals surface area contributed by atoms with E-state index in [0.29, 0.717) is 27.7 Å². The van der Waals surface area contributed by atoms with Crippen molar-refractivity contribution in [1.29, 1.82) is 0 Å². The van der Waals surface area contributed by atoms with Gasteiger partial charge < -0.3 is 10.1 Å². The van der Waals surface area contributed by atoms with Gasteiger partial charge in [0.25, 0.3) is 5.91 Å². The molecule has 0 fully saturated rings. The molecule has 1 N–H and O–H groups in total. The highest BCUT2D eigenvalue weighted by Crippen LogP contribution is 2.28. The standard InChI is InChI=1S/C19H14ClFN2O2/c1-25-18-9-5-14(20)10-17(18)23-19(24)13-4-8-16(22-11-13)12-2-6-15(21)7-3-12/h2-11H,1H3,(H,23,24). The summed E-state index contributed by atoms with van der Waals surface area (Å²) in [7, 11) is 1.51. The molecule has 0 spiro atoms. The van der Waals surface area contributed by atoms with Crippen LogP contribution < -0.4 is 10.1 Å². The third-order valence-electron chi connectivity index (χ3n) is 3.58. The predicted octanol–water partition coefficient (Wildman–Crippen LogP) is 4.80. The number of nitrogens with zero attached hydrogens (tertiary/aromatic N) is 1. The van der Waals surface area contributed by atoms with E-state index in [-0.39, 0.29) is 11.7 Å². The molecule has 4 nitrogen and oxygen atoms in total. The molecule has 1 aromatic heterocycles. The lowest BCUT2D eigenvalue weighted by Gasteiger charge is -2.10. The van der Waals surface area contributed by atoms with Crippen molar-refractivity contribution in [3.63, 3.8) is 0 Å². The molecule has 126 valence electrons. The third-order valence-corrected chi connectivity index (χ3v) is 3.81. The van der Waals surface area contributed by atoms with Gasteiger partial charge in [-0.1, -0.05) is 11.6 Å². The number of hydrogen-bond acceptors (Lipinski definition) is 3. The summed E-state index contributed by atoms with van der Waals surface area (Å²) in [5, 5.41) is 3.23. The van der Waals surface area contributed by atoms with Crippen LogP contribution in [0.3, 0.4) is 0 Å². The van der Waals surface area contributed by atoms with E-state index in [1.807, 2.05) is 0 Å². The Balaban J connectivity index is 1.79. The summed E-state index contributed by atoms with van der Waals surface area (Å²) in [5.74, 6) is -0.136. The van der Waals surface area contributed by atoms with E-state index in [4.69, 9.17) is 16.3 Å². The van der Waals surface area contributed by atoms with Crippen LogP contribution in [0.1, 0.15) is 10.4 Å². The van der Waals surface area contributed by atoms with Crippen molar-refractivity contribution in [3.8, 4) is 17.0 Å². The molecular weight excluding hydrogens is 343 g/mol. The van der Waals surface area contributed by atoms with E-state index < -0.39 is 0 Å². The number of benzene rings is 2. The van der Waals surface area contributed by atoms with Crippen LogP contribution in [0.15, 0.2) is 60.8 Å². The number of pyridine rings is 1. The number of nitrogens with one attached hydrogen (secondary N) is 1. The number of amides is 1. The van der Waals surface area contributed by atoms with Gasteiger partial charge in [-0.2, -0.15) is 0 Å². The molecule has 1 heterocycles. The number of methoxy groups -OCH3 is 1. The van der Waals surface area contributed by atoms with E-state index in [1.54, 1.807) is 42.5 Å². The molecule has 6 heteroatoms. The molecule has 0 aliphatic rings. The van der Waals surface area contributed by atoms with Crippen LogP contribution in [0.2, 0.25) is 5.02 Å². The molecule has 25 heavy (non-hydrogen) atoms. The molecule has 1 amide bonds. The number of hydrogen-bond donors (Lipinski definition) is 1. The molecule has 0 atom stereocenters. The Hall–Kier alpha value is -2.92. The summed E-state index contributed by atoms with van der Waals surface area (Å²) in [6.45, 7) is 0. The first-order valence-corrected chi connectivity index (χ1v) is 7.81. The maximum Gasteiger partial charge on any atom is 0.257 e. The van der Waals surface area contributed by atoms with Gasteiger partial charge in [0.1, 0.15) is 11.6 Å². The summed E-state index contributed by atoms with van der Waals surface area (Å²) in [6.07, 6.45) is 1.46. The first-order chi connectivity index (χ1) is 12.1. The molecule has 0 unspecified atom stereocenters. The number of anilines is 1. The van der Waals surface area contributed by atoms with Gasteiger partial charge in [-0.25, -0.2) is 4.39 Å². The van der Waals surface area contributed by atoms with Gasteiger partial charge in [0.05, 0.1) is 24.1 Å². The Labute approximate surface area is 149 Å². The maximum atomic E-state index is 13.0. The molecular formula is C19H14ClFN2O2. The summed E-state index contributed by atoms with van der Waals surface area (Å²) >= 11 is 5.96. The minimum Gasteiger partial charge on any atom is -0.495 e. The first-order valence-electron chi connectivity index (χ1n) is 7.44. The predicted molar refractivity (Wildman–Crippen MR) is 95.6 cm³/mol. The highest BCUT2D eigenvalue weighted by molar-refractivity contribution is 6.31. The van der Waals surface area contributed by atoms with Crippen molar-refractivity contribution in [2.45, 2.75) is 0 Å². The summed E-state index contributed by atoms with van der Waals surface area (Å²) in [5.41, 5.74) is 2.28. The summed E-state index contributed by atoms with van der Waals surface area (Å²) in [4.78, 5) is 16.6. The van der Waals surface area contributed by atoms with Gasteiger partial charge >= 0.3 is 0 Å². The normalized spacial score (nSPS) is 10.4. The van der Waals surface area contributed by atoms with Crippen LogP contribution in [-0.4, -0.2) is 18.0 Å². The Morgan fingerprint density at radius 2 is 1.88 bits per heavy atom. The second kappa shape index (κ2) is 7.32. The van der Waals surface area contributed by atoms with Crippen molar-refractivity contribution in [1.82, 2.24) is 4.98 Å². The molecule has 3 aromatic rings. The van der Waals surface area contributed by atoms with Gasteiger partial charge in [-0.3, -0.25) is 9.78 Å². The summed E-state index contributed by atoms with van der Waals surface area (Å²) in [6, 6.07) is 14.3. The molecule has 0 aliphatic carbocycles. The molecule has 2 aromatic carbocycles. The number of carbonyl (C=O) groups excluding carboxylic acids is 1. The largest absolute Gasteiger partial charge is 0.495 e. The van der Waals surface area contributed by atoms with Crippen molar-refractivity contribution in [2.75, 3.05) is 12.4 Å². The van der Waals surface area contributed by atoms with Crippen LogP contribution in [0.5, 0.6) is 5.75 Å². The van der Waals surface area contributed by atoms with Crippen LogP contribution in [0.4, 0.5) is 10.1 Å². The lowest BCUT2D eigenvalue weighted by Crippen LogP contribution is -2.13. The van der Waals surface area contributed by atoms with Gasteiger partial charge in [0.2, 0.25) is 0 Å². The quantitative estimate of drug-likeness (QED) is 0.730. The molecule has 0 aliphatic heterocycles. The van der Waals surface area contributed by atoms with Gasteiger partial charge in [0, 0.05) is 16.8 Å². The fourth-order valence-electron chi connectivity index (χ4n) is 2.29. The summed E-state index contributed by atoms with van der Waals surface area (Å²) < 4.78 is 18.2. The Bertz CT molecular complexity index is 896. The molecule has 0 bridgehead atoms. The number of aromatic nitrogens is 1. The van der Waals surface area contributed by atoms with E-state index in [1.165, 1.54) is 25.4 Å². The van der Waals surface area contributed by atoms with Gasteiger partial charge in [-0.05, 0) is 54.6 Å². The fourth-order valence-corrected chi connectivity index (χ4v) is 2.46. The molecule has 3 rings (SSSR count). The number of halogens is 2. The van der Waals surface area contributed by atoms with E-state index >= 15 is 0 Å². The Morgan fingerprint density at radius 3 is 2.52 bits per heavy atom. The minimum atomic E-state index is -0.335. The van der Waals surface area contributed by atoms with Crippen LogP contribution in [0.25, 0.3) is 11.3 Å². The molecule has 0 saturated carbocycles. The zero-order chi connectivity index (χ0) is 17.8. The van der Waals surface area contributed by atoms with E-state index in [2.05, 4.69) is 10.3 Å². The number of ether oxygens (including phenoxy) is 1. The van der Waals surface area contributed by atoms with E-state index in [0.717, 1.165) is 5.56 Å². The first kappa shape index (κ1) is 16.9. The van der Waals surface area contributed by atoms with Crippen LogP contribution in [0, 0.1) is 5.82 Å². The van der Waals surface area contributed by atoms with Crippen molar-refractivity contribution in [3.05, 3.63) is 77.2 Å². The highest BCUT2D eigenvalue weighted by atomic mass is 35.5. The third kappa shape index (κ3) is 3.95. The molecule has 0 saturated heterocycles. The van der Waals surface area contributed by atoms with Crippen LogP contribution >= 0.6 is 11.6 Å². The lowest BCUT2D eigenvalue weighted by atomic mass is 10.1. The second-order valence-electron chi connectivity index (χ2n) is 5.24. The van der Waals surface area contributed by atoms with Crippen LogP contribution in [-0.2, 0) is 0 Å². The highest BCUT2D eigenvalue weighted by Gasteiger charge is 2.11. The SMILES string of the molecule is COc1ccc(Cl)cc1NC(=O)c1ccc(-c2ccc(F)cc2)nc1. The van der Waals surface area contributed by atoms with Crippen molar-refractivity contribution in [2.24, 2.45) is 0 Å². The Kier molecular flexibility index (Phi) is 4.95. The zero-order valence-corrected chi connectivity index (χ0v) is 14.0. The average Bonchev–Trinajstić information content (AvgIpc) is 2.63. The Morgan fingerprint density at radius 1 is 1.12 bits per heavy atom. The zero-order valence-electron chi connectivity index (χ0n) is 13.3. The van der Waals surface area contributed by atoms with E-state index in [9.17, 15) is 9.18 Å². The van der Waals surface area contributed by atoms with Crippen molar-refractivity contribution < 1.29 is 13.9 Å². The lowest BCUT2D eigenvalue weighted by molar-refractivity contribution is 0.102. The van der Waals surface area contributed by atoms with Gasteiger partial charge in [0.15, 0.2) is 0 Å². The van der Waals surface area contributed by atoms with Crippen molar-refractivity contribution >= 4 is 23.2 Å². The maximum absolute atomic E-state index is 13.0. The smallest absolute Gasteiger partial charge is 0.257 e. The molecule has 0 radical (unpaired) electrons. The number of rotatable bonds is 4. The fraction of sp³-hybridized carbons (Fsp3) is 0.0526. The average molecular weight is 357 g/mol. The minimum absolute atomic E-state index is 0.310. The monoisotopic (exact) mass is 356 g/mol. The van der Waals surface area contributed by atoms with Gasteiger partial charge in [-0.15, -0.1) is 0 Å². The second-order valence-corrected chi connectivity index (χ2v) is 5.67. The topological polar surface area (TPSA) is 51.2 Å².